The Hall–Kier alpha value is -1.76. The van der Waals surface area contributed by atoms with Gasteiger partial charge in [-0.1, -0.05) is 0 Å². The number of anilines is 1. The zero-order chi connectivity index (χ0) is 14.2. The molecule has 1 N–H and O–H groups in total. The van der Waals surface area contributed by atoms with Crippen molar-refractivity contribution >= 4 is 11.4 Å². The van der Waals surface area contributed by atoms with Crippen LogP contribution in [0.3, 0.4) is 0 Å². The van der Waals surface area contributed by atoms with Crippen molar-refractivity contribution in [3.8, 4) is 0 Å². The van der Waals surface area contributed by atoms with Crippen molar-refractivity contribution in [2.75, 3.05) is 18.0 Å². The molecule has 1 heterocycles. The normalized spacial score (nSPS) is 23.5. The Kier molecular flexibility index (Phi) is 3.66. The van der Waals surface area contributed by atoms with Gasteiger partial charge >= 0.3 is 0 Å². The minimum atomic E-state index is -0.895. The Morgan fingerprint density at radius 1 is 1.26 bits per heavy atom. The van der Waals surface area contributed by atoms with E-state index in [4.69, 9.17) is 0 Å². The second-order valence-electron chi connectivity index (χ2n) is 4.89. The monoisotopic (exact) mass is 271 g/mol. The lowest BCUT2D eigenvalue weighted by Crippen LogP contribution is -2.54. The molecule has 1 aromatic rings. The van der Waals surface area contributed by atoms with Crippen LogP contribution in [0.2, 0.25) is 0 Å². The van der Waals surface area contributed by atoms with Gasteiger partial charge in [-0.05, 0) is 13.8 Å². The Morgan fingerprint density at radius 2 is 1.74 bits per heavy atom. The predicted molar refractivity (Wildman–Crippen MR) is 67.3 cm³/mol. The Morgan fingerprint density at radius 3 is 2.16 bits per heavy atom. The summed E-state index contributed by atoms with van der Waals surface area (Å²) in [5, 5.41) is 13.8. The zero-order valence-corrected chi connectivity index (χ0v) is 10.7. The van der Waals surface area contributed by atoms with Crippen molar-refractivity contribution in [1.29, 1.82) is 0 Å². The van der Waals surface area contributed by atoms with E-state index in [1.165, 1.54) is 0 Å². The molecule has 7 heteroatoms. The van der Waals surface area contributed by atoms with E-state index < -0.39 is 22.2 Å². The van der Waals surface area contributed by atoms with Crippen LogP contribution in [-0.4, -0.2) is 30.1 Å². The van der Waals surface area contributed by atoms with Gasteiger partial charge in [-0.15, -0.1) is 0 Å². The van der Waals surface area contributed by atoms with Gasteiger partial charge in [-0.25, -0.2) is 8.78 Å². The molecular weight excluding hydrogens is 256 g/mol. The van der Waals surface area contributed by atoms with Crippen LogP contribution in [0, 0.1) is 21.7 Å². The van der Waals surface area contributed by atoms with Crippen LogP contribution < -0.4 is 10.2 Å². The summed E-state index contributed by atoms with van der Waals surface area (Å²) in [6.07, 6.45) is 0. The Bertz CT molecular complexity index is 477. The molecule has 2 atom stereocenters. The zero-order valence-electron chi connectivity index (χ0n) is 10.7. The molecule has 0 saturated carbocycles. The Labute approximate surface area is 109 Å². The van der Waals surface area contributed by atoms with Crippen molar-refractivity contribution in [1.82, 2.24) is 5.32 Å². The van der Waals surface area contributed by atoms with E-state index >= 15 is 0 Å². The maximum Gasteiger partial charge on any atom is 0.275 e. The second kappa shape index (κ2) is 5.08. The fraction of sp³-hybridized carbons (Fsp3) is 0.500. The lowest BCUT2D eigenvalue weighted by Gasteiger charge is -2.37. The van der Waals surface area contributed by atoms with Crippen LogP contribution in [0.25, 0.3) is 0 Å². The van der Waals surface area contributed by atoms with Gasteiger partial charge in [0.15, 0.2) is 11.6 Å². The summed E-state index contributed by atoms with van der Waals surface area (Å²) in [5.41, 5.74) is -0.763. The highest BCUT2D eigenvalue weighted by Crippen LogP contribution is 2.29. The number of nitrogens with one attached hydrogen (secondary N) is 1. The smallest absolute Gasteiger partial charge is 0.275 e. The number of nitro groups is 1. The second-order valence-corrected chi connectivity index (χ2v) is 4.89. The highest BCUT2D eigenvalue weighted by Gasteiger charge is 2.27. The number of nitro benzene ring substituents is 1. The van der Waals surface area contributed by atoms with Gasteiger partial charge in [0.1, 0.15) is 5.69 Å². The maximum atomic E-state index is 13.9. The number of hydrogen-bond acceptors (Lipinski definition) is 4. The summed E-state index contributed by atoms with van der Waals surface area (Å²) >= 11 is 0. The molecule has 0 unspecified atom stereocenters. The van der Waals surface area contributed by atoms with Gasteiger partial charge in [0.05, 0.1) is 17.1 Å². The summed E-state index contributed by atoms with van der Waals surface area (Å²) in [5.74, 6) is -1.79. The quantitative estimate of drug-likeness (QED) is 0.660. The molecule has 0 aliphatic carbocycles. The van der Waals surface area contributed by atoms with E-state index in [1.807, 2.05) is 13.8 Å². The lowest BCUT2D eigenvalue weighted by molar-refractivity contribution is -0.385. The number of rotatable bonds is 2. The average Bonchev–Trinajstić information content (AvgIpc) is 2.26. The van der Waals surface area contributed by atoms with Crippen molar-refractivity contribution in [2.24, 2.45) is 0 Å². The minimum absolute atomic E-state index is 0.0951. The molecule has 0 spiro atoms. The van der Waals surface area contributed by atoms with E-state index in [0.717, 1.165) is 12.1 Å². The average molecular weight is 271 g/mol. The molecule has 0 bridgehead atoms. The summed E-state index contributed by atoms with van der Waals surface area (Å²) in [7, 11) is 0. The first-order valence-electron chi connectivity index (χ1n) is 6.03. The lowest BCUT2D eigenvalue weighted by atomic mass is 10.1. The van der Waals surface area contributed by atoms with Crippen molar-refractivity contribution < 1.29 is 13.7 Å². The van der Waals surface area contributed by atoms with E-state index in [2.05, 4.69) is 5.32 Å². The molecule has 0 amide bonds. The van der Waals surface area contributed by atoms with E-state index in [0.29, 0.717) is 13.1 Å². The SMILES string of the molecule is C[C@H]1CN(c2c(F)cc([N+](=O)[O-])cc2F)C[C@H](C)N1. The first-order chi connectivity index (χ1) is 8.88. The van der Waals surface area contributed by atoms with Gasteiger partial charge in [-0.3, -0.25) is 10.1 Å². The first kappa shape index (κ1) is 13.7. The third kappa shape index (κ3) is 2.81. The molecule has 2 rings (SSSR count). The summed E-state index contributed by atoms with van der Waals surface area (Å²) < 4.78 is 27.8. The minimum Gasteiger partial charge on any atom is -0.364 e. The van der Waals surface area contributed by atoms with Gasteiger partial charge in [0.25, 0.3) is 5.69 Å². The van der Waals surface area contributed by atoms with Gasteiger partial charge in [0.2, 0.25) is 0 Å². The first-order valence-corrected chi connectivity index (χ1v) is 6.03. The summed E-state index contributed by atoms with van der Waals surface area (Å²) in [6.45, 7) is 4.75. The number of non-ortho nitro benzene ring substituents is 1. The fourth-order valence-corrected chi connectivity index (χ4v) is 2.47. The van der Waals surface area contributed by atoms with Gasteiger partial charge < -0.3 is 10.2 Å². The van der Waals surface area contributed by atoms with Crippen molar-refractivity contribution in [3.63, 3.8) is 0 Å². The maximum absolute atomic E-state index is 13.9. The number of piperazine rings is 1. The topological polar surface area (TPSA) is 58.4 Å². The molecule has 1 aliphatic heterocycles. The van der Waals surface area contributed by atoms with E-state index in [-0.39, 0.29) is 17.8 Å². The summed E-state index contributed by atoms with van der Waals surface area (Å²) in [6, 6.07) is 1.71. The van der Waals surface area contributed by atoms with E-state index in [9.17, 15) is 18.9 Å². The van der Waals surface area contributed by atoms with Gasteiger partial charge in [-0.2, -0.15) is 0 Å². The molecule has 0 aromatic heterocycles. The van der Waals surface area contributed by atoms with E-state index in [1.54, 1.807) is 4.90 Å². The van der Waals surface area contributed by atoms with Crippen molar-refractivity contribution in [2.45, 2.75) is 25.9 Å². The molecular formula is C12H15F2N3O2. The molecule has 1 saturated heterocycles. The van der Waals surface area contributed by atoms with Crippen LogP contribution in [0.1, 0.15) is 13.8 Å². The molecule has 5 nitrogen and oxygen atoms in total. The summed E-state index contributed by atoms with van der Waals surface area (Å²) in [4.78, 5) is 11.3. The molecule has 19 heavy (non-hydrogen) atoms. The molecule has 1 aromatic carbocycles. The standard InChI is InChI=1S/C12H15F2N3O2/c1-7-5-16(6-8(2)15-7)12-10(13)3-9(17(18)19)4-11(12)14/h3-4,7-8,15H,5-6H2,1-2H3/t7-,8-/m0/s1. The predicted octanol–water partition coefficient (Wildman–Crippen LogP) is 2.06. The van der Waals surface area contributed by atoms with Crippen LogP contribution >= 0.6 is 0 Å². The van der Waals surface area contributed by atoms with Crippen LogP contribution in [0.4, 0.5) is 20.2 Å². The Balaban J connectivity index is 2.37. The molecule has 0 radical (unpaired) electrons. The highest BCUT2D eigenvalue weighted by molar-refractivity contribution is 5.54. The number of halogens is 2. The van der Waals surface area contributed by atoms with Crippen LogP contribution in [0.15, 0.2) is 12.1 Å². The number of nitrogens with zero attached hydrogens (tertiary/aromatic N) is 2. The third-order valence-corrected chi connectivity index (χ3v) is 3.09. The molecule has 1 aliphatic rings. The highest BCUT2D eigenvalue weighted by atomic mass is 19.1. The van der Waals surface area contributed by atoms with Crippen molar-refractivity contribution in [3.05, 3.63) is 33.9 Å². The molecule has 104 valence electrons. The van der Waals surface area contributed by atoms with Gasteiger partial charge in [0, 0.05) is 25.2 Å². The largest absolute Gasteiger partial charge is 0.364 e. The molecule has 1 fully saturated rings. The number of hydrogen-bond donors (Lipinski definition) is 1. The van der Waals surface area contributed by atoms with Crippen LogP contribution in [0.5, 0.6) is 0 Å². The van der Waals surface area contributed by atoms with Crippen LogP contribution in [-0.2, 0) is 0 Å². The third-order valence-electron chi connectivity index (χ3n) is 3.09. The number of benzene rings is 1. The fourth-order valence-electron chi connectivity index (χ4n) is 2.47.